The highest BCUT2D eigenvalue weighted by atomic mass is 32.2. The van der Waals surface area contributed by atoms with Gasteiger partial charge in [-0.2, -0.15) is 0 Å². The number of rotatable bonds is 7. The molecule has 2 aromatic rings. The fourth-order valence-corrected chi connectivity index (χ4v) is 7.69. The maximum atomic E-state index is 13.0. The number of fused-ring (bicyclic) bond motifs is 1. The molecule has 0 spiro atoms. The van der Waals surface area contributed by atoms with Crippen molar-refractivity contribution in [2.45, 2.75) is 89.1 Å². The molecule has 2 aliphatic rings. The Morgan fingerprint density at radius 2 is 1.71 bits per heavy atom. The predicted molar refractivity (Wildman–Crippen MR) is 165 cm³/mol. The molecule has 1 fully saturated rings. The summed E-state index contributed by atoms with van der Waals surface area (Å²) >= 11 is 0. The zero-order valence-electron chi connectivity index (χ0n) is 25.0. The van der Waals surface area contributed by atoms with Crippen molar-refractivity contribution >= 4 is 36.9 Å². The molecule has 0 radical (unpaired) electrons. The van der Waals surface area contributed by atoms with Crippen LogP contribution in [0, 0.1) is 12.8 Å². The van der Waals surface area contributed by atoms with Crippen molar-refractivity contribution in [3.8, 4) is 5.75 Å². The van der Waals surface area contributed by atoms with E-state index in [-0.39, 0.29) is 0 Å². The Balaban J connectivity index is 1.90. The third-order valence-electron chi connectivity index (χ3n) is 8.97. The molecule has 224 valence electrons. The number of methoxy groups -OCH3 is 1. The van der Waals surface area contributed by atoms with E-state index in [0.29, 0.717) is 36.5 Å². The molecule has 0 aromatic heterocycles. The van der Waals surface area contributed by atoms with Gasteiger partial charge in [-0.15, -0.1) is 0 Å². The number of benzene rings is 2. The first kappa shape index (κ1) is 31.3. The SMILES string of the molecule is COc1ccc2c(c1)CC(C)(S(C)(=O)=O)CC/C2=C(\c1ccc(C(=O)NS(=O)(=O)C(C)C)cc1C)C1CCCCC1. The van der Waals surface area contributed by atoms with Crippen molar-refractivity contribution < 1.29 is 26.4 Å². The summed E-state index contributed by atoms with van der Waals surface area (Å²) in [6.07, 6.45) is 8.39. The lowest BCUT2D eigenvalue weighted by atomic mass is 9.75. The van der Waals surface area contributed by atoms with Crippen LogP contribution in [-0.4, -0.2) is 46.1 Å². The van der Waals surface area contributed by atoms with E-state index < -0.39 is 35.8 Å². The van der Waals surface area contributed by atoms with Gasteiger partial charge in [-0.3, -0.25) is 4.79 Å². The normalized spacial score (nSPS) is 21.6. The largest absolute Gasteiger partial charge is 0.497 e. The van der Waals surface area contributed by atoms with Crippen molar-refractivity contribution in [3.63, 3.8) is 0 Å². The van der Waals surface area contributed by atoms with Crippen LogP contribution < -0.4 is 9.46 Å². The van der Waals surface area contributed by atoms with Gasteiger partial charge in [0.1, 0.15) is 5.75 Å². The fourth-order valence-electron chi connectivity index (χ4n) is 6.18. The van der Waals surface area contributed by atoms with E-state index in [1.807, 2.05) is 32.0 Å². The quantitative estimate of drug-likeness (QED) is 0.384. The Morgan fingerprint density at radius 1 is 1.02 bits per heavy atom. The van der Waals surface area contributed by atoms with Crippen LogP contribution in [0.25, 0.3) is 11.1 Å². The molecule has 1 atom stereocenters. The standard InChI is InChI=1S/C32H43NO6S2/c1-21(2)41(37,38)33-31(34)24-12-14-27(22(3)18-24)30(23-10-8-7-9-11-23)29-16-17-32(4,40(6,35)36)20-25-19-26(39-5)13-15-28(25)29/h12-15,18-19,21,23H,7-11,16-17,20H2,1-6H3,(H,33,34)/b30-29+. The first-order valence-corrected chi connectivity index (χ1v) is 17.9. The highest BCUT2D eigenvalue weighted by molar-refractivity contribution is 7.92. The number of carbonyl (C=O) groups excluding carboxylic acids is 1. The second-order valence-electron chi connectivity index (χ2n) is 12.2. The molecule has 0 bridgehead atoms. The third kappa shape index (κ3) is 6.56. The van der Waals surface area contributed by atoms with Crippen LogP contribution in [0.5, 0.6) is 5.75 Å². The first-order valence-electron chi connectivity index (χ1n) is 14.4. The summed E-state index contributed by atoms with van der Waals surface area (Å²) in [4.78, 5) is 12.9. The smallest absolute Gasteiger partial charge is 0.264 e. The molecule has 1 saturated carbocycles. The van der Waals surface area contributed by atoms with Crippen LogP contribution >= 0.6 is 0 Å². The first-order chi connectivity index (χ1) is 19.2. The molecule has 0 heterocycles. The van der Waals surface area contributed by atoms with Gasteiger partial charge in [0.2, 0.25) is 10.0 Å². The summed E-state index contributed by atoms with van der Waals surface area (Å²) < 4.78 is 57.5. The number of sulfonamides is 1. The number of nitrogens with one attached hydrogen (secondary N) is 1. The molecule has 9 heteroatoms. The molecule has 4 rings (SSSR count). The van der Waals surface area contributed by atoms with Gasteiger partial charge in [-0.25, -0.2) is 21.6 Å². The van der Waals surface area contributed by atoms with Crippen LogP contribution in [0.3, 0.4) is 0 Å². The Kier molecular flexibility index (Phi) is 9.10. The summed E-state index contributed by atoms with van der Waals surface area (Å²) in [5.74, 6) is 0.356. The molecule has 2 aromatic carbocycles. The summed E-state index contributed by atoms with van der Waals surface area (Å²) in [5, 5.41) is -0.721. The van der Waals surface area contributed by atoms with Gasteiger partial charge in [-0.05, 0) is 123 Å². The minimum atomic E-state index is -3.75. The minimum absolute atomic E-state index is 0.291. The van der Waals surface area contributed by atoms with Gasteiger partial charge in [-0.1, -0.05) is 31.4 Å². The summed E-state index contributed by atoms with van der Waals surface area (Å²) in [6, 6.07) is 11.4. The highest BCUT2D eigenvalue weighted by Gasteiger charge is 2.40. The molecule has 1 unspecified atom stereocenters. The van der Waals surface area contributed by atoms with Crippen LogP contribution in [0.2, 0.25) is 0 Å². The monoisotopic (exact) mass is 601 g/mol. The number of sulfone groups is 1. The van der Waals surface area contributed by atoms with E-state index in [4.69, 9.17) is 4.74 Å². The van der Waals surface area contributed by atoms with Gasteiger partial charge < -0.3 is 4.74 Å². The molecule has 7 nitrogen and oxygen atoms in total. The van der Waals surface area contributed by atoms with Crippen molar-refractivity contribution in [1.29, 1.82) is 0 Å². The second kappa shape index (κ2) is 11.9. The Hall–Kier alpha value is -2.65. The highest BCUT2D eigenvalue weighted by Crippen LogP contribution is 2.47. The van der Waals surface area contributed by atoms with Crippen LogP contribution in [0.15, 0.2) is 36.4 Å². The number of amides is 1. The van der Waals surface area contributed by atoms with Gasteiger partial charge in [0.05, 0.1) is 17.1 Å². The summed E-state index contributed by atoms with van der Waals surface area (Å²) in [7, 11) is -5.49. The topological polar surface area (TPSA) is 107 Å². The number of carbonyl (C=O) groups is 1. The average molecular weight is 602 g/mol. The molecule has 0 saturated heterocycles. The summed E-state index contributed by atoms with van der Waals surface area (Å²) in [6.45, 7) is 6.86. The maximum Gasteiger partial charge on any atom is 0.264 e. The molecular formula is C32H43NO6S2. The van der Waals surface area contributed by atoms with Crippen molar-refractivity contribution in [3.05, 3.63) is 64.2 Å². The molecule has 1 amide bonds. The van der Waals surface area contributed by atoms with E-state index in [1.165, 1.54) is 32.1 Å². The molecule has 1 N–H and O–H groups in total. The van der Waals surface area contributed by atoms with E-state index in [9.17, 15) is 21.6 Å². The maximum absolute atomic E-state index is 13.0. The average Bonchev–Trinajstić information content (AvgIpc) is 3.06. The van der Waals surface area contributed by atoms with Crippen molar-refractivity contribution in [2.24, 2.45) is 5.92 Å². The number of hydrogen-bond donors (Lipinski definition) is 1. The van der Waals surface area contributed by atoms with E-state index in [2.05, 4.69) is 10.8 Å². The number of allylic oxidation sites excluding steroid dienone is 2. The third-order valence-corrected chi connectivity index (χ3v) is 12.8. The molecule has 0 aliphatic heterocycles. The summed E-state index contributed by atoms with van der Waals surface area (Å²) in [5.41, 5.74) is 6.60. The lowest BCUT2D eigenvalue weighted by Gasteiger charge is -2.30. The molecule has 41 heavy (non-hydrogen) atoms. The van der Waals surface area contributed by atoms with Gasteiger partial charge in [0.15, 0.2) is 9.84 Å². The molecular weight excluding hydrogens is 558 g/mol. The van der Waals surface area contributed by atoms with E-state index in [1.54, 1.807) is 19.2 Å². The van der Waals surface area contributed by atoms with Crippen LogP contribution in [0.1, 0.15) is 98.3 Å². The second-order valence-corrected chi connectivity index (χ2v) is 17.0. The lowest BCUT2D eigenvalue weighted by molar-refractivity contribution is 0.0981. The van der Waals surface area contributed by atoms with E-state index >= 15 is 0 Å². The predicted octanol–water partition coefficient (Wildman–Crippen LogP) is 6.10. The van der Waals surface area contributed by atoms with Gasteiger partial charge >= 0.3 is 0 Å². The number of hydrogen-bond acceptors (Lipinski definition) is 6. The lowest BCUT2D eigenvalue weighted by Crippen LogP contribution is -2.36. The Morgan fingerprint density at radius 3 is 2.29 bits per heavy atom. The van der Waals surface area contributed by atoms with E-state index in [0.717, 1.165) is 53.5 Å². The number of ether oxygens (including phenoxy) is 1. The van der Waals surface area contributed by atoms with Crippen molar-refractivity contribution in [2.75, 3.05) is 13.4 Å². The number of aryl methyl sites for hydroxylation is 1. The Labute approximate surface area is 245 Å². The minimum Gasteiger partial charge on any atom is -0.497 e. The van der Waals surface area contributed by atoms with Gasteiger partial charge in [0, 0.05) is 11.8 Å². The zero-order valence-corrected chi connectivity index (χ0v) is 26.7. The fraction of sp³-hybridized carbons (Fsp3) is 0.531. The Bertz CT molecular complexity index is 1570. The van der Waals surface area contributed by atoms with Gasteiger partial charge in [0.25, 0.3) is 5.91 Å². The zero-order chi connectivity index (χ0) is 30.2. The molecule has 2 aliphatic carbocycles. The van der Waals surface area contributed by atoms with Crippen LogP contribution in [-0.2, 0) is 26.3 Å². The van der Waals surface area contributed by atoms with Crippen LogP contribution in [0.4, 0.5) is 0 Å². The van der Waals surface area contributed by atoms with Crippen molar-refractivity contribution in [1.82, 2.24) is 4.72 Å².